The van der Waals surface area contributed by atoms with Crippen LogP contribution in [0.3, 0.4) is 0 Å². The van der Waals surface area contributed by atoms with Gasteiger partial charge in [0.15, 0.2) is 5.17 Å². The van der Waals surface area contributed by atoms with Crippen molar-refractivity contribution >= 4 is 28.1 Å². The molecular weight excluding hydrogens is 282 g/mol. The van der Waals surface area contributed by atoms with Crippen LogP contribution in [0.4, 0.5) is 11.4 Å². The minimum Gasteiger partial charge on any atom is -0.508 e. The third-order valence-electron chi connectivity index (χ3n) is 2.47. The lowest BCUT2D eigenvalue weighted by atomic mass is 10.2. The van der Waals surface area contributed by atoms with E-state index in [1.807, 2.05) is 0 Å². The Kier molecular flexibility index (Phi) is 4.17. The molecule has 0 aliphatic heterocycles. The Bertz CT molecular complexity index is 639. The second-order valence-electron chi connectivity index (χ2n) is 3.87. The number of nitrogens with zero attached hydrogens (tertiary/aromatic N) is 2. The number of phenolic OH excluding ortho intramolecular Hbond substituents is 1. The molecule has 0 fully saturated rings. The second kappa shape index (κ2) is 6.03. The van der Waals surface area contributed by atoms with E-state index < -0.39 is 4.92 Å². The van der Waals surface area contributed by atoms with Crippen molar-refractivity contribution in [2.75, 3.05) is 5.43 Å². The molecule has 0 aromatic heterocycles. The van der Waals surface area contributed by atoms with E-state index in [9.17, 15) is 10.1 Å². The fourth-order valence-corrected chi connectivity index (χ4v) is 1.60. The number of hydrogen-bond acceptors (Lipinski definition) is 5. The topological polar surface area (TPSA) is 87.8 Å². The van der Waals surface area contributed by atoms with Crippen molar-refractivity contribution in [3.8, 4) is 5.75 Å². The lowest BCUT2D eigenvalue weighted by Gasteiger charge is -2.02. The first-order valence-corrected chi connectivity index (χ1v) is 5.97. The largest absolute Gasteiger partial charge is 0.508 e. The normalized spacial score (nSPS) is 11.2. The summed E-state index contributed by atoms with van der Waals surface area (Å²) in [7, 11) is 0. The first kappa shape index (κ1) is 13.8. The van der Waals surface area contributed by atoms with Gasteiger partial charge in [0.25, 0.3) is 5.69 Å². The number of halogens is 1. The van der Waals surface area contributed by atoms with E-state index in [0.717, 1.165) is 0 Å². The van der Waals surface area contributed by atoms with Gasteiger partial charge in [-0.25, -0.2) is 0 Å². The fraction of sp³-hybridized carbons (Fsp3) is 0. The minimum atomic E-state index is -0.483. The highest BCUT2D eigenvalue weighted by atomic mass is 35.5. The van der Waals surface area contributed by atoms with E-state index in [0.29, 0.717) is 11.3 Å². The number of anilines is 1. The van der Waals surface area contributed by atoms with Crippen LogP contribution in [0.1, 0.15) is 5.56 Å². The molecule has 0 unspecified atom stereocenters. The van der Waals surface area contributed by atoms with Gasteiger partial charge in [-0.1, -0.05) is 11.6 Å². The summed E-state index contributed by atoms with van der Waals surface area (Å²) < 4.78 is 0. The molecule has 6 nitrogen and oxygen atoms in total. The zero-order chi connectivity index (χ0) is 14.5. The second-order valence-corrected chi connectivity index (χ2v) is 4.22. The van der Waals surface area contributed by atoms with Gasteiger partial charge in [0.1, 0.15) is 5.75 Å². The zero-order valence-corrected chi connectivity index (χ0v) is 10.9. The van der Waals surface area contributed by atoms with Crippen LogP contribution < -0.4 is 5.43 Å². The van der Waals surface area contributed by atoms with Crippen LogP contribution in [-0.4, -0.2) is 15.2 Å². The van der Waals surface area contributed by atoms with Crippen molar-refractivity contribution in [2.24, 2.45) is 5.10 Å². The van der Waals surface area contributed by atoms with Crippen LogP contribution in [0.15, 0.2) is 53.6 Å². The fourth-order valence-electron chi connectivity index (χ4n) is 1.43. The molecule has 0 aliphatic carbocycles. The summed E-state index contributed by atoms with van der Waals surface area (Å²) >= 11 is 5.99. The number of aromatic hydroxyl groups is 1. The van der Waals surface area contributed by atoms with Gasteiger partial charge in [0.2, 0.25) is 0 Å². The van der Waals surface area contributed by atoms with Gasteiger partial charge in [-0.15, -0.1) is 0 Å². The molecule has 0 heterocycles. The SMILES string of the molecule is O=[N+]([O-])c1ccc(C(Cl)=NNc2ccc(O)cc2)cc1. The van der Waals surface area contributed by atoms with Gasteiger partial charge in [-0.2, -0.15) is 5.10 Å². The standard InChI is InChI=1S/C13H10ClN3O3/c14-13(9-1-5-11(6-2-9)17(19)20)16-15-10-3-7-12(18)8-4-10/h1-8,15,18H. The molecule has 0 aliphatic rings. The van der Waals surface area contributed by atoms with E-state index in [1.165, 1.54) is 36.4 Å². The van der Waals surface area contributed by atoms with Gasteiger partial charge in [0, 0.05) is 17.7 Å². The number of nitro groups is 1. The molecule has 2 aromatic carbocycles. The summed E-state index contributed by atoms with van der Waals surface area (Å²) in [6.07, 6.45) is 0. The van der Waals surface area contributed by atoms with E-state index in [1.54, 1.807) is 12.1 Å². The number of hydrazone groups is 1. The first-order chi connectivity index (χ1) is 9.56. The Morgan fingerprint density at radius 1 is 1.15 bits per heavy atom. The van der Waals surface area contributed by atoms with E-state index in [2.05, 4.69) is 10.5 Å². The van der Waals surface area contributed by atoms with Gasteiger partial charge < -0.3 is 5.11 Å². The van der Waals surface area contributed by atoms with Crippen LogP contribution in [-0.2, 0) is 0 Å². The highest BCUT2D eigenvalue weighted by Crippen LogP contribution is 2.16. The Morgan fingerprint density at radius 2 is 1.75 bits per heavy atom. The zero-order valence-electron chi connectivity index (χ0n) is 10.2. The number of non-ortho nitro benzene ring substituents is 1. The maximum atomic E-state index is 10.5. The predicted molar refractivity (Wildman–Crippen MR) is 77.2 cm³/mol. The summed E-state index contributed by atoms with van der Waals surface area (Å²) in [4.78, 5) is 10.0. The predicted octanol–water partition coefficient (Wildman–Crippen LogP) is 3.31. The molecule has 0 radical (unpaired) electrons. The van der Waals surface area contributed by atoms with Crippen molar-refractivity contribution in [3.05, 3.63) is 64.2 Å². The third kappa shape index (κ3) is 3.46. The number of nitro benzene ring substituents is 1. The summed E-state index contributed by atoms with van der Waals surface area (Å²) in [5, 5.41) is 23.8. The Morgan fingerprint density at radius 3 is 2.30 bits per heavy atom. The molecule has 0 saturated carbocycles. The molecule has 0 spiro atoms. The van der Waals surface area contributed by atoms with Gasteiger partial charge in [-0.3, -0.25) is 15.5 Å². The minimum absolute atomic E-state index is 0.00953. The molecule has 0 atom stereocenters. The van der Waals surface area contributed by atoms with E-state index >= 15 is 0 Å². The summed E-state index contributed by atoms with van der Waals surface area (Å²) in [5.41, 5.74) is 3.92. The smallest absolute Gasteiger partial charge is 0.269 e. The van der Waals surface area contributed by atoms with Crippen molar-refractivity contribution in [2.45, 2.75) is 0 Å². The van der Waals surface area contributed by atoms with E-state index in [4.69, 9.17) is 16.7 Å². The molecule has 102 valence electrons. The summed E-state index contributed by atoms with van der Waals surface area (Å²) in [5.74, 6) is 0.154. The Labute approximate surface area is 119 Å². The highest BCUT2D eigenvalue weighted by Gasteiger charge is 2.06. The maximum Gasteiger partial charge on any atom is 0.269 e. The average molecular weight is 292 g/mol. The van der Waals surface area contributed by atoms with Crippen LogP contribution >= 0.6 is 11.6 Å². The third-order valence-corrected chi connectivity index (χ3v) is 2.77. The lowest BCUT2D eigenvalue weighted by molar-refractivity contribution is -0.384. The van der Waals surface area contributed by atoms with Crippen LogP contribution in [0.25, 0.3) is 0 Å². The van der Waals surface area contributed by atoms with Crippen molar-refractivity contribution in [3.63, 3.8) is 0 Å². The molecule has 20 heavy (non-hydrogen) atoms. The van der Waals surface area contributed by atoms with Crippen LogP contribution in [0, 0.1) is 10.1 Å². The van der Waals surface area contributed by atoms with Crippen LogP contribution in [0.2, 0.25) is 0 Å². The van der Waals surface area contributed by atoms with Crippen molar-refractivity contribution < 1.29 is 10.0 Å². The quantitative estimate of drug-likeness (QED) is 0.391. The number of nitrogens with one attached hydrogen (secondary N) is 1. The monoisotopic (exact) mass is 291 g/mol. The highest BCUT2D eigenvalue weighted by molar-refractivity contribution is 6.69. The van der Waals surface area contributed by atoms with Gasteiger partial charge in [0.05, 0.1) is 10.6 Å². The summed E-state index contributed by atoms with van der Waals surface area (Å²) in [6, 6.07) is 12.0. The molecule has 2 N–H and O–H groups in total. The van der Waals surface area contributed by atoms with Crippen molar-refractivity contribution in [1.29, 1.82) is 0 Å². The molecule has 0 bridgehead atoms. The number of rotatable bonds is 4. The Balaban J connectivity index is 2.09. The Hall–Kier alpha value is -2.60. The molecule has 7 heteroatoms. The molecule has 0 amide bonds. The molecule has 2 aromatic rings. The molecule has 0 saturated heterocycles. The molecular formula is C13H10ClN3O3. The number of hydrogen-bond donors (Lipinski definition) is 2. The number of benzene rings is 2. The summed E-state index contributed by atoms with van der Waals surface area (Å²) in [6.45, 7) is 0. The van der Waals surface area contributed by atoms with Gasteiger partial charge >= 0.3 is 0 Å². The van der Waals surface area contributed by atoms with Crippen LogP contribution in [0.5, 0.6) is 5.75 Å². The maximum absolute atomic E-state index is 10.5. The lowest BCUT2D eigenvalue weighted by Crippen LogP contribution is -1.97. The number of phenols is 1. The first-order valence-electron chi connectivity index (χ1n) is 5.59. The van der Waals surface area contributed by atoms with E-state index in [-0.39, 0.29) is 16.6 Å². The molecule has 2 rings (SSSR count). The van der Waals surface area contributed by atoms with Crippen molar-refractivity contribution in [1.82, 2.24) is 0 Å². The van der Waals surface area contributed by atoms with Gasteiger partial charge in [-0.05, 0) is 36.4 Å². The average Bonchev–Trinajstić information content (AvgIpc) is 2.46.